The number of rotatable bonds is 4. The van der Waals surface area contributed by atoms with Crippen LogP contribution < -0.4 is 0 Å². The van der Waals surface area contributed by atoms with Crippen molar-refractivity contribution in [1.29, 1.82) is 0 Å². The van der Waals surface area contributed by atoms with Crippen LogP contribution in [0.3, 0.4) is 0 Å². The van der Waals surface area contributed by atoms with Crippen molar-refractivity contribution in [2.75, 3.05) is 20.3 Å². The third-order valence-corrected chi connectivity index (χ3v) is 6.65. The topological polar surface area (TPSA) is 53.3 Å². The SMILES string of the molecule is COC(=O)c1cnc2c3ccc(Br)cc3n(C(c3ccccc3)C3CCOCC3)c2c1. The summed E-state index contributed by atoms with van der Waals surface area (Å²) in [6, 6.07) is 18.9. The molecule has 31 heavy (non-hydrogen) atoms. The summed E-state index contributed by atoms with van der Waals surface area (Å²) in [5, 5.41) is 1.07. The van der Waals surface area contributed by atoms with E-state index in [1.165, 1.54) is 12.7 Å². The highest BCUT2D eigenvalue weighted by Crippen LogP contribution is 2.41. The first kappa shape index (κ1) is 20.2. The summed E-state index contributed by atoms with van der Waals surface area (Å²) >= 11 is 3.65. The highest BCUT2D eigenvalue weighted by molar-refractivity contribution is 9.10. The minimum absolute atomic E-state index is 0.106. The number of halogens is 1. The minimum atomic E-state index is -0.380. The van der Waals surface area contributed by atoms with Gasteiger partial charge in [0.1, 0.15) is 0 Å². The Bertz CT molecular complexity index is 1250. The van der Waals surface area contributed by atoms with E-state index in [0.717, 1.165) is 52.5 Å². The Labute approximate surface area is 189 Å². The number of carbonyl (C=O) groups is 1. The maximum Gasteiger partial charge on any atom is 0.339 e. The molecule has 1 unspecified atom stereocenters. The fourth-order valence-corrected chi connectivity index (χ4v) is 5.07. The molecule has 5 nitrogen and oxygen atoms in total. The van der Waals surface area contributed by atoms with Crippen molar-refractivity contribution >= 4 is 43.8 Å². The molecule has 4 aromatic rings. The molecule has 1 saturated heterocycles. The maximum atomic E-state index is 12.3. The summed E-state index contributed by atoms with van der Waals surface area (Å²) in [6.07, 6.45) is 3.57. The molecule has 1 fully saturated rings. The second-order valence-corrected chi connectivity index (χ2v) is 8.84. The lowest BCUT2D eigenvalue weighted by molar-refractivity contribution is 0.0553. The van der Waals surface area contributed by atoms with Crippen LogP contribution in [0.4, 0.5) is 0 Å². The van der Waals surface area contributed by atoms with Crippen molar-refractivity contribution < 1.29 is 14.3 Å². The molecule has 2 aromatic heterocycles. The van der Waals surface area contributed by atoms with Gasteiger partial charge in [0.05, 0.1) is 35.3 Å². The first-order valence-electron chi connectivity index (χ1n) is 10.5. The fraction of sp³-hybridized carbons (Fsp3) is 0.280. The Morgan fingerprint density at radius 2 is 1.90 bits per heavy atom. The van der Waals surface area contributed by atoms with Crippen molar-refractivity contribution in [2.24, 2.45) is 5.92 Å². The highest BCUT2D eigenvalue weighted by Gasteiger charge is 2.30. The van der Waals surface area contributed by atoms with E-state index in [2.05, 4.69) is 61.9 Å². The van der Waals surface area contributed by atoms with Gasteiger partial charge in [-0.3, -0.25) is 4.98 Å². The van der Waals surface area contributed by atoms with Gasteiger partial charge in [0.2, 0.25) is 0 Å². The Kier molecular flexibility index (Phi) is 5.50. The number of ether oxygens (including phenoxy) is 2. The van der Waals surface area contributed by atoms with Crippen LogP contribution in [0.25, 0.3) is 21.9 Å². The normalized spacial score (nSPS) is 15.9. The van der Waals surface area contributed by atoms with Crippen LogP contribution >= 0.6 is 15.9 Å². The Hall–Kier alpha value is -2.70. The van der Waals surface area contributed by atoms with Gasteiger partial charge < -0.3 is 14.0 Å². The van der Waals surface area contributed by atoms with Crippen molar-refractivity contribution in [1.82, 2.24) is 9.55 Å². The lowest BCUT2D eigenvalue weighted by atomic mass is 9.86. The van der Waals surface area contributed by atoms with Crippen LogP contribution in [0.1, 0.15) is 34.8 Å². The van der Waals surface area contributed by atoms with Crippen LogP contribution in [0.2, 0.25) is 0 Å². The number of esters is 1. The van der Waals surface area contributed by atoms with Gasteiger partial charge in [0, 0.05) is 29.3 Å². The number of aromatic nitrogens is 2. The quantitative estimate of drug-likeness (QED) is 0.350. The summed E-state index contributed by atoms with van der Waals surface area (Å²) in [6.45, 7) is 1.53. The van der Waals surface area contributed by atoms with Crippen molar-refractivity contribution in [2.45, 2.75) is 18.9 Å². The van der Waals surface area contributed by atoms with Crippen LogP contribution in [-0.4, -0.2) is 35.8 Å². The summed E-state index contributed by atoms with van der Waals surface area (Å²) in [7, 11) is 1.40. The predicted octanol–water partition coefficient (Wildman–Crippen LogP) is 5.75. The average Bonchev–Trinajstić information content (AvgIpc) is 3.13. The van der Waals surface area contributed by atoms with E-state index >= 15 is 0 Å². The number of benzene rings is 2. The second-order valence-electron chi connectivity index (χ2n) is 7.92. The third-order valence-electron chi connectivity index (χ3n) is 6.15. The molecule has 0 amide bonds. The Morgan fingerprint density at radius 1 is 1.13 bits per heavy atom. The van der Waals surface area contributed by atoms with Gasteiger partial charge >= 0.3 is 5.97 Å². The molecule has 3 heterocycles. The van der Waals surface area contributed by atoms with Crippen molar-refractivity contribution in [3.63, 3.8) is 0 Å². The smallest absolute Gasteiger partial charge is 0.339 e. The zero-order chi connectivity index (χ0) is 21.4. The Morgan fingerprint density at radius 3 is 2.65 bits per heavy atom. The molecular formula is C25H23BrN2O3. The van der Waals surface area contributed by atoms with E-state index in [1.807, 2.05) is 18.2 Å². The molecule has 5 rings (SSSR count). The Balaban J connectivity index is 1.83. The maximum absolute atomic E-state index is 12.3. The van der Waals surface area contributed by atoms with Crippen molar-refractivity contribution in [3.8, 4) is 0 Å². The zero-order valence-corrected chi connectivity index (χ0v) is 18.8. The van der Waals surface area contributed by atoms with E-state index in [9.17, 15) is 4.79 Å². The molecule has 1 atom stereocenters. The van der Waals surface area contributed by atoms with Crippen molar-refractivity contribution in [3.05, 3.63) is 76.4 Å². The van der Waals surface area contributed by atoms with Gasteiger partial charge in [-0.25, -0.2) is 4.79 Å². The highest BCUT2D eigenvalue weighted by atomic mass is 79.9. The van der Waals surface area contributed by atoms with Crippen LogP contribution in [0.15, 0.2) is 65.3 Å². The average molecular weight is 479 g/mol. The minimum Gasteiger partial charge on any atom is -0.465 e. The zero-order valence-electron chi connectivity index (χ0n) is 17.3. The number of hydrogen-bond donors (Lipinski definition) is 0. The monoisotopic (exact) mass is 478 g/mol. The molecule has 0 aliphatic carbocycles. The third kappa shape index (κ3) is 3.64. The molecule has 0 saturated carbocycles. The summed E-state index contributed by atoms with van der Waals surface area (Å²) in [5.74, 6) is 0.0328. The first-order valence-corrected chi connectivity index (χ1v) is 11.3. The molecule has 158 valence electrons. The molecule has 2 aromatic carbocycles. The molecule has 0 radical (unpaired) electrons. The molecule has 0 bridgehead atoms. The predicted molar refractivity (Wildman–Crippen MR) is 124 cm³/mol. The van der Waals surface area contributed by atoms with Gasteiger partial charge in [-0.05, 0) is 48.6 Å². The molecule has 1 aliphatic rings. The van der Waals surface area contributed by atoms with Gasteiger partial charge in [0.15, 0.2) is 0 Å². The molecule has 1 aliphatic heterocycles. The van der Waals surface area contributed by atoms with E-state index in [-0.39, 0.29) is 12.0 Å². The lowest BCUT2D eigenvalue weighted by Crippen LogP contribution is -2.27. The summed E-state index contributed by atoms with van der Waals surface area (Å²) in [5.41, 5.74) is 4.63. The first-order chi connectivity index (χ1) is 15.2. The number of methoxy groups -OCH3 is 1. The molecule has 0 N–H and O–H groups in total. The van der Waals surface area contributed by atoms with Gasteiger partial charge in [-0.2, -0.15) is 0 Å². The second kappa shape index (κ2) is 8.44. The van der Waals surface area contributed by atoms with E-state index in [0.29, 0.717) is 11.5 Å². The van der Waals surface area contributed by atoms with Gasteiger partial charge in [0.25, 0.3) is 0 Å². The van der Waals surface area contributed by atoms with Crippen LogP contribution in [-0.2, 0) is 9.47 Å². The lowest BCUT2D eigenvalue weighted by Gasteiger charge is -2.33. The summed E-state index contributed by atoms with van der Waals surface area (Å²) in [4.78, 5) is 17.0. The number of hydrogen-bond acceptors (Lipinski definition) is 4. The molecule has 6 heteroatoms. The standard InChI is InChI=1S/C25H23BrN2O3/c1-30-25(29)18-13-22-23(27-15-18)20-8-7-19(26)14-21(20)28(22)24(16-5-3-2-4-6-16)17-9-11-31-12-10-17/h2-8,13-15,17,24H,9-12H2,1H3. The molecular weight excluding hydrogens is 456 g/mol. The van der Waals surface area contributed by atoms with Gasteiger partial charge in [-0.15, -0.1) is 0 Å². The van der Waals surface area contributed by atoms with E-state index in [4.69, 9.17) is 9.47 Å². The number of pyridine rings is 1. The van der Waals surface area contributed by atoms with Crippen LogP contribution in [0.5, 0.6) is 0 Å². The number of nitrogens with zero attached hydrogens (tertiary/aromatic N) is 2. The fourth-order valence-electron chi connectivity index (χ4n) is 4.72. The largest absolute Gasteiger partial charge is 0.465 e. The van der Waals surface area contributed by atoms with Crippen LogP contribution in [0, 0.1) is 5.92 Å². The molecule has 0 spiro atoms. The van der Waals surface area contributed by atoms with Gasteiger partial charge in [-0.1, -0.05) is 46.3 Å². The van der Waals surface area contributed by atoms with E-state index < -0.39 is 0 Å². The number of carbonyl (C=O) groups excluding carboxylic acids is 1. The summed E-state index contributed by atoms with van der Waals surface area (Å²) < 4.78 is 14.0. The van der Waals surface area contributed by atoms with E-state index in [1.54, 1.807) is 6.20 Å². The number of fused-ring (bicyclic) bond motifs is 3.